The van der Waals surface area contributed by atoms with Crippen LogP contribution in [0.3, 0.4) is 0 Å². The van der Waals surface area contributed by atoms with Crippen LogP contribution in [0.4, 0.5) is 17.3 Å². The van der Waals surface area contributed by atoms with Gasteiger partial charge in [0.2, 0.25) is 0 Å². The fourth-order valence-electron chi connectivity index (χ4n) is 2.77. The fraction of sp³-hybridized carbons (Fsp3) is 0.312. The minimum absolute atomic E-state index is 0.276. The Morgan fingerprint density at radius 1 is 1.19 bits per heavy atom. The van der Waals surface area contributed by atoms with Crippen LogP contribution in [0, 0.1) is 5.92 Å². The zero-order valence-electron chi connectivity index (χ0n) is 13.9. The van der Waals surface area contributed by atoms with Gasteiger partial charge in [0.25, 0.3) is 5.91 Å². The lowest BCUT2D eigenvalue weighted by molar-refractivity contribution is -0.142. The van der Waals surface area contributed by atoms with Gasteiger partial charge in [0.15, 0.2) is 11.6 Å². The first-order valence-corrected chi connectivity index (χ1v) is 8.11. The van der Waals surface area contributed by atoms with Gasteiger partial charge in [-0.05, 0) is 25.0 Å². The average Bonchev–Trinajstić information content (AvgIpc) is 2.67. The maximum absolute atomic E-state index is 12.1. The predicted octanol–water partition coefficient (Wildman–Crippen LogP) is 0.512. The zero-order chi connectivity index (χ0) is 18.5. The van der Waals surface area contributed by atoms with E-state index in [9.17, 15) is 9.59 Å². The number of carbonyl (C=O) groups is 2. The number of hydrazine groups is 1. The van der Waals surface area contributed by atoms with Crippen LogP contribution >= 0.6 is 0 Å². The molecule has 1 fully saturated rings. The van der Waals surface area contributed by atoms with Crippen LogP contribution in [-0.2, 0) is 4.79 Å². The number of nitrogens with zero attached hydrogens (tertiary/aromatic N) is 4. The van der Waals surface area contributed by atoms with Gasteiger partial charge in [-0.3, -0.25) is 25.4 Å². The normalized spacial score (nSPS) is 14.7. The summed E-state index contributed by atoms with van der Waals surface area (Å²) >= 11 is 0. The van der Waals surface area contributed by atoms with Gasteiger partial charge in [0, 0.05) is 31.0 Å². The summed E-state index contributed by atoms with van der Waals surface area (Å²) in [5, 5.41) is 9.09. The smallest absolute Gasteiger partial charge is 0.306 e. The van der Waals surface area contributed by atoms with Crippen LogP contribution in [-0.4, -0.2) is 45.0 Å². The highest BCUT2D eigenvalue weighted by atomic mass is 16.4. The molecule has 10 nitrogen and oxygen atoms in total. The van der Waals surface area contributed by atoms with E-state index in [1.165, 1.54) is 18.7 Å². The number of carboxylic acids is 1. The number of hydrogen-bond acceptors (Lipinski definition) is 8. The van der Waals surface area contributed by atoms with Crippen LogP contribution in [0.25, 0.3) is 0 Å². The van der Waals surface area contributed by atoms with Crippen molar-refractivity contribution < 1.29 is 14.7 Å². The van der Waals surface area contributed by atoms with E-state index in [2.05, 4.69) is 25.8 Å². The number of nitrogens with one attached hydrogen (secondary N) is 2. The van der Waals surface area contributed by atoms with Crippen molar-refractivity contribution in [1.29, 1.82) is 0 Å². The topological polar surface area (TPSA) is 146 Å². The van der Waals surface area contributed by atoms with Gasteiger partial charge in [-0.15, -0.1) is 0 Å². The second kappa shape index (κ2) is 7.64. The number of anilines is 3. The number of amides is 1. The Bertz CT molecular complexity index is 792. The molecule has 1 aliphatic heterocycles. The molecule has 0 bridgehead atoms. The molecule has 0 aromatic carbocycles. The highest BCUT2D eigenvalue weighted by Gasteiger charge is 2.26. The van der Waals surface area contributed by atoms with E-state index in [1.54, 1.807) is 12.1 Å². The molecule has 0 atom stereocenters. The summed E-state index contributed by atoms with van der Waals surface area (Å²) < 4.78 is 0. The van der Waals surface area contributed by atoms with E-state index in [1.807, 2.05) is 4.90 Å². The lowest BCUT2D eigenvalue weighted by Gasteiger charge is -2.31. The molecule has 0 spiro atoms. The van der Waals surface area contributed by atoms with Crippen LogP contribution in [0.1, 0.15) is 23.2 Å². The second-order valence-corrected chi connectivity index (χ2v) is 5.87. The van der Waals surface area contributed by atoms with Crippen LogP contribution in [0.15, 0.2) is 30.9 Å². The summed E-state index contributed by atoms with van der Waals surface area (Å²) in [7, 11) is 0. The molecule has 26 heavy (non-hydrogen) atoms. The van der Waals surface area contributed by atoms with Crippen LogP contribution < -0.4 is 21.5 Å². The zero-order valence-corrected chi connectivity index (χ0v) is 13.9. The lowest BCUT2D eigenvalue weighted by Crippen LogP contribution is -2.37. The molecule has 2 aromatic rings. The van der Waals surface area contributed by atoms with Crippen molar-refractivity contribution in [1.82, 2.24) is 20.4 Å². The molecule has 0 radical (unpaired) electrons. The third-order valence-corrected chi connectivity index (χ3v) is 4.24. The number of nitrogens with two attached hydrogens (primary N) is 1. The van der Waals surface area contributed by atoms with Gasteiger partial charge in [0.05, 0.1) is 5.92 Å². The molecule has 0 aliphatic carbocycles. The molecule has 5 N–H and O–H groups in total. The summed E-state index contributed by atoms with van der Waals surface area (Å²) in [4.78, 5) is 37.2. The van der Waals surface area contributed by atoms with Gasteiger partial charge in [-0.25, -0.2) is 9.97 Å². The van der Waals surface area contributed by atoms with Crippen molar-refractivity contribution in [2.24, 2.45) is 5.92 Å². The largest absolute Gasteiger partial charge is 0.481 e. The number of carboxylic acid groups (broad SMARTS) is 1. The molecule has 0 saturated carbocycles. The Morgan fingerprint density at radius 2 is 1.88 bits per heavy atom. The lowest BCUT2D eigenvalue weighted by atomic mass is 9.97. The number of piperidine rings is 1. The number of rotatable bonds is 5. The second-order valence-electron chi connectivity index (χ2n) is 5.87. The summed E-state index contributed by atoms with van der Waals surface area (Å²) in [6, 6.07) is 3.16. The molecule has 1 aliphatic rings. The summed E-state index contributed by atoms with van der Waals surface area (Å²) in [6.45, 7) is 1.09. The Morgan fingerprint density at radius 3 is 2.54 bits per heavy atom. The van der Waals surface area contributed by atoms with Gasteiger partial charge in [-0.1, -0.05) is 0 Å². The number of carbonyl (C=O) groups excluding carboxylic acids is 1. The van der Waals surface area contributed by atoms with Crippen molar-refractivity contribution in [2.75, 3.05) is 29.1 Å². The van der Waals surface area contributed by atoms with Crippen molar-refractivity contribution in [3.63, 3.8) is 0 Å². The SMILES string of the molecule is Nc1c(NNC(=O)c2ccncc2)ncnc1N1CCC(C(=O)O)CC1. The summed E-state index contributed by atoms with van der Waals surface area (Å²) in [6.07, 6.45) is 5.44. The number of nitrogen functional groups attached to an aromatic ring is 1. The van der Waals surface area contributed by atoms with Crippen molar-refractivity contribution >= 4 is 29.2 Å². The molecule has 2 aromatic heterocycles. The minimum Gasteiger partial charge on any atom is -0.481 e. The quantitative estimate of drug-likeness (QED) is 0.562. The molecule has 0 unspecified atom stereocenters. The standard InChI is InChI=1S/C16H19N7O3/c17-12-13(21-22-15(24)10-1-5-18-6-2-10)19-9-20-14(12)23-7-3-11(4-8-23)16(25)26/h1-2,5-6,9,11H,3-4,7-8,17H2,(H,22,24)(H,25,26)(H,19,20,21). The van der Waals surface area contributed by atoms with Crippen molar-refractivity contribution in [3.05, 3.63) is 36.4 Å². The minimum atomic E-state index is -0.776. The van der Waals surface area contributed by atoms with E-state index < -0.39 is 5.97 Å². The molecular weight excluding hydrogens is 338 g/mol. The highest BCUT2D eigenvalue weighted by Crippen LogP contribution is 2.29. The van der Waals surface area contributed by atoms with Gasteiger partial charge in [0.1, 0.15) is 12.0 Å². The Balaban J connectivity index is 1.66. The van der Waals surface area contributed by atoms with E-state index in [0.717, 1.165) is 0 Å². The van der Waals surface area contributed by atoms with Gasteiger partial charge < -0.3 is 15.7 Å². The molecular formula is C16H19N7O3. The maximum Gasteiger partial charge on any atom is 0.306 e. The van der Waals surface area contributed by atoms with Gasteiger partial charge in [-0.2, -0.15) is 0 Å². The third kappa shape index (κ3) is 3.79. The molecule has 1 saturated heterocycles. The number of aliphatic carboxylic acids is 1. The Labute approximate surface area is 149 Å². The van der Waals surface area contributed by atoms with Crippen molar-refractivity contribution in [3.8, 4) is 0 Å². The maximum atomic E-state index is 12.1. The summed E-state index contributed by atoms with van der Waals surface area (Å²) in [5.74, 6) is -0.676. The molecule has 3 heterocycles. The Hall–Kier alpha value is -3.43. The van der Waals surface area contributed by atoms with E-state index in [4.69, 9.17) is 10.8 Å². The Kier molecular flexibility index (Phi) is 5.11. The molecule has 10 heteroatoms. The van der Waals surface area contributed by atoms with Gasteiger partial charge >= 0.3 is 5.97 Å². The van der Waals surface area contributed by atoms with E-state index >= 15 is 0 Å². The number of aromatic nitrogens is 3. The first-order chi connectivity index (χ1) is 12.6. The molecule has 136 valence electrons. The highest BCUT2D eigenvalue weighted by molar-refractivity contribution is 5.95. The predicted molar refractivity (Wildman–Crippen MR) is 94.3 cm³/mol. The number of pyridine rings is 1. The first kappa shape index (κ1) is 17.4. The fourth-order valence-corrected chi connectivity index (χ4v) is 2.77. The van der Waals surface area contributed by atoms with Crippen molar-refractivity contribution in [2.45, 2.75) is 12.8 Å². The number of hydrogen-bond donors (Lipinski definition) is 4. The average molecular weight is 357 g/mol. The molecule has 1 amide bonds. The van der Waals surface area contributed by atoms with E-state index in [0.29, 0.717) is 37.3 Å². The van der Waals surface area contributed by atoms with Crippen LogP contribution in [0.2, 0.25) is 0 Å². The van der Waals surface area contributed by atoms with Crippen LogP contribution in [0.5, 0.6) is 0 Å². The molecule has 3 rings (SSSR count). The van der Waals surface area contributed by atoms with E-state index in [-0.39, 0.29) is 23.3 Å². The third-order valence-electron chi connectivity index (χ3n) is 4.24. The summed E-state index contributed by atoms with van der Waals surface area (Å²) in [5.41, 5.74) is 12.1. The monoisotopic (exact) mass is 357 g/mol. The first-order valence-electron chi connectivity index (χ1n) is 8.11.